The average Bonchev–Trinajstić information content (AvgIpc) is 2.90. The van der Waals surface area contributed by atoms with Crippen molar-refractivity contribution in [2.24, 2.45) is 11.7 Å². The number of hydrogen-bond donors (Lipinski definition) is 1. The van der Waals surface area contributed by atoms with Crippen LogP contribution >= 0.6 is 0 Å². The Morgan fingerprint density at radius 2 is 2.05 bits per heavy atom. The molecule has 0 radical (unpaired) electrons. The maximum absolute atomic E-state index is 13.0. The Kier molecular flexibility index (Phi) is 4.34. The number of primary amides is 1. The van der Waals surface area contributed by atoms with Crippen LogP contribution in [0.3, 0.4) is 0 Å². The van der Waals surface area contributed by atoms with E-state index in [1.807, 2.05) is 4.90 Å². The number of esters is 1. The van der Waals surface area contributed by atoms with Crippen LogP contribution in [-0.4, -0.2) is 37.0 Å². The van der Waals surface area contributed by atoms with Gasteiger partial charge in [-0.15, -0.1) is 0 Å². The Balaban J connectivity index is 2.23. The minimum atomic E-state index is -0.634. The third-order valence-electron chi connectivity index (χ3n) is 3.60. The number of nitrogens with two attached hydrogens (primary N) is 1. The van der Waals surface area contributed by atoms with Gasteiger partial charge < -0.3 is 10.5 Å². The molecule has 0 bridgehead atoms. The zero-order valence-electron chi connectivity index (χ0n) is 11.2. The van der Waals surface area contributed by atoms with Gasteiger partial charge in [-0.25, -0.2) is 9.18 Å². The molecule has 1 aromatic carbocycles. The molecule has 0 spiro atoms. The van der Waals surface area contributed by atoms with E-state index < -0.39 is 12.0 Å². The van der Waals surface area contributed by atoms with Crippen LogP contribution in [0.2, 0.25) is 0 Å². The van der Waals surface area contributed by atoms with E-state index in [0.717, 1.165) is 0 Å². The molecule has 1 heterocycles. The summed E-state index contributed by atoms with van der Waals surface area (Å²) < 4.78 is 17.8. The molecule has 1 amide bonds. The van der Waals surface area contributed by atoms with Gasteiger partial charge in [0, 0.05) is 13.1 Å². The van der Waals surface area contributed by atoms with Gasteiger partial charge in [-0.1, -0.05) is 12.1 Å². The Labute approximate surface area is 116 Å². The Hall–Kier alpha value is -1.95. The van der Waals surface area contributed by atoms with Gasteiger partial charge in [0.05, 0.1) is 13.0 Å². The van der Waals surface area contributed by atoms with E-state index in [1.165, 1.54) is 19.2 Å². The Morgan fingerprint density at radius 3 is 2.55 bits per heavy atom. The molecule has 2 unspecified atom stereocenters. The van der Waals surface area contributed by atoms with E-state index in [-0.39, 0.29) is 17.6 Å². The van der Waals surface area contributed by atoms with E-state index in [2.05, 4.69) is 0 Å². The van der Waals surface area contributed by atoms with Crippen molar-refractivity contribution in [3.63, 3.8) is 0 Å². The highest BCUT2D eigenvalue weighted by molar-refractivity contribution is 5.79. The normalized spacial score (nSPS) is 20.6. The molecule has 6 heteroatoms. The van der Waals surface area contributed by atoms with Crippen molar-refractivity contribution >= 4 is 11.9 Å². The van der Waals surface area contributed by atoms with Crippen molar-refractivity contribution in [1.82, 2.24) is 4.90 Å². The molecule has 0 aliphatic carbocycles. The lowest BCUT2D eigenvalue weighted by Gasteiger charge is -2.25. The van der Waals surface area contributed by atoms with Crippen molar-refractivity contribution in [3.8, 4) is 0 Å². The van der Waals surface area contributed by atoms with Crippen molar-refractivity contribution in [2.75, 3.05) is 20.2 Å². The average molecular weight is 280 g/mol. The molecule has 1 aliphatic rings. The summed E-state index contributed by atoms with van der Waals surface area (Å²) in [5.74, 6) is -1.42. The van der Waals surface area contributed by atoms with Crippen LogP contribution in [0.5, 0.6) is 0 Å². The molecule has 108 valence electrons. The van der Waals surface area contributed by atoms with Crippen molar-refractivity contribution in [3.05, 3.63) is 35.6 Å². The number of likely N-dealkylation sites (tertiary alicyclic amines) is 1. The number of rotatable bonds is 4. The standard InChI is InChI=1S/C14H17FN2O3/c1-20-14(19)12(9-2-4-11(15)5-3-9)17-7-6-10(8-17)13(16)18/h2-5,10,12H,6-8H2,1H3,(H2,16,18). The number of benzene rings is 1. The molecular weight excluding hydrogens is 263 g/mol. The number of carbonyl (C=O) groups excluding carboxylic acids is 2. The molecule has 1 aromatic rings. The monoisotopic (exact) mass is 280 g/mol. The minimum Gasteiger partial charge on any atom is -0.468 e. The van der Waals surface area contributed by atoms with Gasteiger partial charge in [0.1, 0.15) is 11.9 Å². The minimum absolute atomic E-state index is 0.261. The third kappa shape index (κ3) is 2.96. The molecule has 1 saturated heterocycles. The molecule has 2 N–H and O–H groups in total. The Morgan fingerprint density at radius 1 is 1.40 bits per heavy atom. The fraction of sp³-hybridized carbons (Fsp3) is 0.429. The molecule has 1 fully saturated rings. The maximum atomic E-state index is 13.0. The van der Waals surface area contributed by atoms with Crippen LogP contribution in [0, 0.1) is 11.7 Å². The van der Waals surface area contributed by atoms with Gasteiger partial charge in [-0.2, -0.15) is 0 Å². The van der Waals surface area contributed by atoms with Gasteiger partial charge in [-0.05, 0) is 24.1 Å². The molecule has 20 heavy (non-hydrogen) atoms. The van der Waals surface area contributed by atoms with Gasteiger partial charge in [0.25, 0.3) is 0 Å². The number of halogens is 1. The molecule has 2 atom stereocenters. The first-order valence-electron chi connectivity index (χ1n) is 6.39. The summed E-state index contributed by atoms with van der Waals surface area (Å²) in [6, 6.07) is 5.06. The number of methoxy groups -OCH3 is 1. The molecule has 1 aliphatic heterocycles. The van der Waals surface area contributed by atoms with E-state index in [9.17, 15) is 14.0 Å². The number of ether oxygens (including phenoxy) is 1. The number of hydrogen-bond acceptors (Lipinski definition) is 4. The van der Waals surface area contributed by atoms with Gasteiger partial charge in [0.15, 0.2) is 0 Å². The lowest BCUT2D eigenvalue weighted by molar-refractivity contribution is -0.147. The summed E-state index contributed by atoms with van der Waals surface area (Å²) in [5, 5.41) is 0. The van der Waals surface area contributed by atoms with Crippen LogP contribution < -0.4 is 5.73 Å². The molecule has 0 aromatic heterocycles. The van der Waals surface area contributed by atoms with Gasteiger partial charge in [-0.3, -0.25) is 9.69 Å². The third-order valence-corrected chi connectivity index (χ3v) is 3.60. The quantitative estimate of drug-likeness (QED) is 0.830. The van der Waals surface area contributed by atoms with E-state index in [1.54, 1.807) is 12.1 Å². The largest absolute Gasteiger partial charge is 0.468 e. The first-order valence-corrected chi connectivity index (χ1v) is 6.39. The summed E-state index contributed by atoms with van der Waals surface area (Å²) in [4.78, 5) is 25.0. The van der Waals surface area contributed by atoms with Gasteiger partial charge in [0.2, 0.25) is 5.91 Å². The highest BCUT2D eigenvalue weighted by Gasteiger charge is 2.36. The zero-order chi connectivity index (χ0) is 14.7. The first kappa shape index (κ1) is 14.5. The summed E-state index contributed by atoms with van der Waals surface area (Å²) in [7, 11) is 1.31. The predicted octanol–water partition coefficient (Wildman–Crippen LogP) is 0.847. The second-order valence-corrected chi connectivity index (χ2v) is 4.86. The van der Waals surface area contributed by atoms with E-state index in [4.69, 9.17) is 10.5 Å². The highest BCUT2D eigenvalue weighted by atomic mass is 19.1. The van der Waals surface area contributed by atoms with Gasteiger partial charge >= 0.3 is 5.97 Å². The van der Waals surface area contributed by atoms with E-state index >= 15 is 0 Å². The number of carbonyl (C=O) groups is 2. The van der Waals surface area contributed by atoms with Crippen LogP contribution in [0.1, 0.15) is 18.0 Å². The summed E-state index contributed by atoms with van der Waals surface area (Å²) in [6.45, 7) is 0.983. The molecular formula is C14H17FN2O3. The predicted molar refractivity (Wildman–Crippen MR) is 70.0 cm³/mol. The summed E-state index contributed by atoms with van der Waals surface area (Å²) >= 11 is 0. The Bertz CT molecular complexity index is 504. The van der Waals surface area contributed by atoms with Crippen LogP contribution in [0.4, 0.5) is 4.39 Å². The maximum Gasteiger partial charge on any atom is 0.327 e. The lowest BCUT2D eigenvalue weighted by atomic mass is 10.1. The van der Waals surface area contributed by atoms with Crippen LogP contribution in [0.25, 0.3) is 0 Å². The zero-order valence-corrected chi connectivity index (χ0v) is 11.2. The van der Waals surface area contributed by atoms with Crippen molar-refractivity contribution in [2.45, 2.75) is 12.5 Å². The second kappa shape index (κ2) is 6.00. The highest BCUT2D eigenvalue weighted by Crippen LogP contribution is 2.28. The van der Waals surface area contributed by atoms with Crippen LogP contribution in [0.15, 0.2) is 24.3 Å². The molecule has 2 rings (SSSR count). The second-order valence-electron chi connectivity index (χ2n) is 4.86. The summed E-state index contributed by atoms with van der Waals surface area (Å²) in [5.41, 5.74) is 5.94. The summed E-state index contributed by atoms with van der Waals surface area (Å²) in [6.07, 6.45) is 0.615. The van der Waals surface area contributed by atoms with Crippen molar-refractivity contribution in [1.29, 1.82) is 0 Å². The smallest absolute Gasteiger partial charge is 0.327 e. The van der Waals surface area contributed by atoms with E-state index in [0.29, 0.717) is 25.1 Å². The lowest BCUT2D eigenvalue weighted by Crippen LogP contribution is -2.35. The number of amides is 1. The fourth-order valence-corrected chi connectivity index (χ4v) is 2.51. The fourth-order valence-electron chi connectivity index (χ4n) is 2.51. The molecule has 0 saturated carbocycles. The molecule has 5 nitrogen and oxygen atoms in total. The van der Waals surface area contributed by atoms with Crippen molar-refractivity contribution < 1.29 is 18.7 Å². The number of nitrogens with zero attached hydrogens (tertiary/aromatic N) is 1. The first-order chi connectivity index (χ1) is 9.52. The topological polar surface area (TPSA) is 72.6 Å². The SMILES string of the molecule is COC(=O)C(c1ccc(F)cc1)N1CCC(C(N)=O)C1. The van der Waals surface area contributed by atoms with Crippen LogP contribution in [-0.2, 0) is 14.3 Å².